The maximum Gasteiger partial charge on any atom is 0.128 e. The molecule has 0 fully saturated rings. The van der Waals surface area contributed by atoms with Gasteiger partial charge in [0.2, 0.25) is 0 Å². The third kappa shape index (κ3) is 5.87. The Balaban J connectivity index is 2.76. The van der Waals surface area contributed by atoms with E-state index < -0.39 is 0 Å². The third-order valence-corrected chi connectivity index (χ3v) is 3.90. The Labute approximate surface area is 128 Å². The van der Waals surface area contributed by atoms with Gasteiger partial charge in [0, 0.05) is 24.2 Å². The fraction of sp³-hybridized carbons (Fsp3) is 0.556. The number of hydrogen-bond donors (Lipinski definition) is 1. The van der Waals surface area contributed by atoms with Crippen LogP contribution >= 0.6 is 0 Å². The molecule has 0 amide bonds. The second-order valence-corrected chi connectivity index (χ2v) is 5.32. The van der Waals surface area contributed by atoms with Crippen molar-refractivity contribution in [3.05, 3.63) is 35.1 Å². The molecule has 2 N–H and O–H groups in total. The molecule has 0 aliphatic carbocycles. The van der Waals surface area contributed by atoms with Crippen molar-refractivity contribution in [2.45, 2.75) is 40.2 Å². The van der Waals surface area contributed by atoms with E-state index in [0.29, 0.717) is 24.6 Å². The van der Waals surface area contributed by atoms with Gasteiger partial charge in [-0.05, 0) is 24.6 Å². The molecule has 116 valence electrons. The summed E-state index contributed by atoms with van der Waals surface area (Å²) in [5.74, 6) is 6.11. The first kappa shape index (κ1) is 17.7. The maximum atomic E-state index is 14.1. The largest absolute Gasteiger partial charge is 0.320 e. The summed E-state index contributed by atoms with van der Waals surface area (Å²) >= 11 is 0. The quantitative estimate of drug-likeness (QED) is 0.780. The highest BCUT2D eigenvalue weighted by molar-refractivity contribution is 5.37. The molecule has 3 heteroatoms. The monoisotopic (exact) mass is 290 g/mol. The molecule has 0 aliphatic heterocycles. The van der Waals surface area contributed by atoms with E-state index in [1.54, 1.807) is 0 Å². The highest BCUT2D eigenvalue weighted by Gasteiger charge is 2.12. The van der Waals surface area contributed by atoms with Crippen molar-refractivity contribution in [2.24, 2.45) is 11.7 Å². The minimum atomic E-state index is -0.179. The Bertz CT molecular complexity index is 484. The van der Waals surface area contributed by atoms with Gasteiger partial charge in [0.1, 0.15) is 5.82 Å². The maximum absolute atomic E-state index is 14.1. The van der Waals surface area contributed by atoms with Crippen LogP contribution in [0.15, 0.2) is 18.2 Å². The standard InChI is InChI=1S/C18H27FN2/c1-4-15(5-2)13-21(6-3)14-17-10-9-16(8-7-11-20)12-18(17)19/h9-10,12,15H,4-6,11,13-14,20H2,1-3H3. The lowest BCUT2D eigenvalue weighted by Crippen LogP contribution is -2.29. The Kier molecular flexibility index (Phi) is 8.04. The van der Waals surface area contributed by atoms with E-state index in [2.05, 4.69) is 37.5 Å². The predicted octanol–water partition coefficient (Wildman–Crippen LogP) is 3.39. The van der Waals surface area contributed by atoms with Crippen molar-refractivity contribution in [1.29, 1.82) is 0 Å². The molecule has 0 saturated carbocycles. The van der Waals surface area contributed by atoms with E-state index in [0.717, 1.165) is 18.7 Å². The Morgan fingerprint density at radius 2 is 1.95 bits per heavy atom. The van der Waals surface area contributed by atoms with Crippen molar-refractivity contribution in [3.63, 3.8) is 0 Å². The number of rotatable bonds is 7. The SMILES string of the molecule is CCC(CC)CN(CC)Cc1ccc(C#CCN)cc1F. The van der Waals surface area contributed by atoms with Gasteiger partial charge in [0.05, 0.1) is 6.54 Å². The number of nitrogens with zero attached hydrogens (tertiary/aromatic N) is 1. The van der Waals surface area contributed by atoms with Crippen LogP contribution in [-0.2, 0) is 6.54 Å². The molecule has 0 spiro atoms. The Morgan fingerprint density at radius 3 is 2.48 bits per heavy atom. The summed E-state index contributed by atoms with van der Waals surface area (Å²) in [4.78, 5) is 2.31. The molecule has 0 aromatic heterocycles. The molecule has 1 rings (SSSR count). The van der Waals surface area contributed by atoms with Crippen LogP contribution in [0.2, 0.25) is 0 Å². The summed E-state index contributed by atoms with van der Waals surface area (Å²) in [6.07, 6.45) is 2.34. The smallest absolute Gasteiger partial charge is 0.128 e. The van der Waals surface area contributed by atoms with E-state index >= 15 is 0 Å². The molecule has 0 bridgehead atoms. The molecule has 2 nitrogen and oxygen atoms in total. The van der Waals surface area contributed by atoms with Crippen LogP contribution in [0.5, 0.6) is 0 Å². The van der Waals surface area contributed by atoms with E-state index in [1.165, 1.54) is 18.9 Å². The van der Waals surface area contributed by atoms with Crippen LogP contribution < -0.4 is 5.73 Å². The zero-order chi connectivity index (χ0) is 15.7. The van der Waals surface area contributed by atoms with Crippen LogP contribution in [0.3, 0.4) is 0 Å². The van der Waals surface area contributed by atoms with Gasteiger partial charge in [0.25, 0.3) is 0 Å². The van der Waals surface area contributed by atoms with Gasteiger partial charge in [-0.2, -0.15) is 0 Å². The van der Waals surface area contributed by atoms with Gasteiger partial charge < -0.3 is 5.73 Å². The molecule has 0 saturated heterocycles. The average Bonchev–Trinajstić information content (AvgIpc) is 2.51. The van der Waals surface area contributed by atoms with Crippen molar-refractivity contribution in [3.8, 4) is 11.8 Å². The minimum absolute atomic E-state index is 0.179. The zero-order valence-electron chi connectivity index (χ0n) is 13.5. The molecule has 0 aliphatic rings. The number of hydrogen-bond acceptors (Lipinski definition) is 2. The predicted molar refractivity (Wildman–Crippen MR) is 87.4 cm³/mol. The Hall–Kier alpha value is -1.37. The van der Waals surface area contributed by atoms with Crippen molar-refractivity contribution < 1.29 is 4.39 Å². The summed E-state index contributed by atoms with van der Waals surface area (Å²) in [6, 6.07) is 5.21. The summed E-state index contributed by atoms with van der Waals surface area (Å²) in [5, 5.41) is 0. The van der Waals surface area contributed by atoms with Gasteiger partial charge in [-0.15, -0.1) is 0 Å². The fourth-order valence-electron chi connectivity index (χ4n) is 2.36. The molecular weight excluding hydrogens is 263 g/mol. The lowest BCUT2D eigenvalue weighted by molar-refractivity contribution is 0.223. The average molecular weight is 290 g/mol. The van der Waals surface area contributed by atoms with Gasteiger partial charge >= 0.3 is 0 Å². The molecule has 0 unspecified atom stereocenters. The molecule has 1 aromatic carbocycles. The lowest BCUT2D eigenvalue weighted by atomic mass is 10.0. The molecule has 0 heterocycles. The number of nitrogens with two attached hydrogens (primary N) is 1. The highest BCUT2D eigenvalue weighted by Crippen LogP contribution is 2.16. The first-order chi connectivity index (χ1) is 10.1. The van der Waals surface area contributed by atoms with Crippen LogP contribution in [0.1, 0.15) is 44.7 Å². The van der Waals surface area contributed by atoms with Gasteiger partial charge in [0.15, 0.2) is 0 Å². The summed E-state index contributed by atoms with van der Waals surface area (Å²) < 4.78 is 14.1. The molecule has 21 heavy (non-hydrogen) atoms. The van der Waals surface area contributed by atoms with Crippen molar-refractivity contribution >= 4 is 0 Å². The normalized spacial score (nSPS) is 10.8. The second kappa shape index (κ2) is 9.55. The minimum Gasteiger partial charge on any atom is -0.320 e. The zero-order valence-corrected chi connectivity index (χ0v) is 13.5. The van der Waals surface area contributed by atoms with Gasteiger partial charge in [-0.25, -0.2) is 4.39 Å². The highest BCUT2D eigenvalue weighted by atomic mass is 19.1. The van der Waals surface area contributed by atoms with E-state index in [-0.39, 0.29) is 5.82 Å². The van der Waals surface area contributed by atoms with Crippen LogP contribution in [0, 0.1) is 23.6 Å². The molecular formula is C18H27FN2. The summed E-state index contributed by atoms with van der Waals surface area (Å²) in [6.45, 7) is 9.47. The van der Waals surface area contributed by atoms with Crippen LogP contribution in [0.4, 0.5) is 4.39 Å². The summed E-state index contributed by atoms with van der Waals surface area (Å²) in [5.41, 5.74) is 6.75. The molecule has 1 aromatic rings. The molecule has 0 radical (unpaired) electrons. The van der Waals surface area contributed by atoms with Crippen molar-refractivity contribution in [2.75, 3.05) is 19.6 Å². The van der Waals surface area contributed by atoms with Crippen LogP contribution in [-0.4, -0.2) is 24.5 Å². The number of halogens is 1. The second-order valence-electron chi connectivity index (χ2n) is 5.32. The fourth-order valence-corrected chi connectivity index (χ4v) is 2.36. The van der Waals surface area contributed by atoms with Gasteiger partial charge in [-0.3, -0.25) is 4.90 Å². The van der Waals surface area contributed by atoms with E-state index in [1.807, 2.05) is 12.1 Å². The lowest BCUT2D eigenvalue weighted by Gasteiger charge is -2.25. The topological polar surface area (TPSA) is 29.3 Å². The van der Waals surface area contributed by atoms with Crippen LogP contribution in [0.25, 0.3) is 0 Å². The third-order valence-electron chi connectivity index (χ3n) is 3.90. The summed E-state index contributed by atoms with van der Waals surface area (Å²) in [7, 11) is 0. The molecule has 0 atom stereocenters. The van der Waals surface area contributed by atoms with E-state index in [9.17, 15) is 4.39 Å². The first-order valence-corrected chi connectivity index (χ1v) is 7.84. The van der Waals surface area contributed by atoms with Crippen molar-refractivity contribution in [1.82, 2.24) is 4.90 Å². The Morgan fingerprint density at radius 1 is 1.24 bits per heavy atom. The van der Waals surface area contributed by atoms with E-state index in [4.69, 9.17) is 5.73 Å². The number of benzene rings is 1. The first-order valence-electron chi connectivity index (χ1n) is 7.84. The van der Waals surface area contributed by atoms with Gasteiger partial charge in [-0.1, -0.05) is 51.5 Å².